The number of ether oxygens (including phenoxy) is 1. The highest BCUT2D eigenvalue weighted by Gasteiger charge is 2.19. The Morgan fingerprint density at radius 3 is 2.31 bits per heavy atom. The summed E-state index contributed by atoms with van der Waals surface area (Å²) >= 11 is 0. The summed E-state index contributed by atoms with van der Waals surface area (Å²) in [6.45, 7) is 6.35. The number of amides is 1. The summed E-state index contributed by atoms with van der Waals surface area (Å²) in [6.07, 6.45) is 3.06. The van der Waals surface area contributed by atoms with E-state index in [-0.39, 0.29) is 11.8 Å². The zero-order valence-electron chi connectivity index (χ0n) is 19.0. The van der Waals surface area contributed by atoms with Crippen LogP contribution in [0.15, 0.2) is 78.9 Å². The number of hydrogen-bond acceptors (Lipinski definition) is 3. The summed E-state index contributed by atoms with van der Waals surface area (Å²) < 4.78 is 4.66. The van der Waals surface area contributed by atoms with Gasteiger partial charge in [-0.1, -0.05) is 80.1 Å². The van der Waals surface area contributed by atoms with Crippen molar-refractivity contribution < 1.29 is 14.3 Å². The van der Waals surface area contributed by atoms with Crippen LogP contribution < -0.4 is 4.90 Å². The van der Waals surface area contributed by atoms with Gasteiger partial charge in [0.2, 0.25) is 5.91 Å². The van der Waals surface area contributed by atoms with Crippen LogP contribution in [-0.2, 0) is 20.9 Å². The minimum absolute atomic E-state index is 0.0434. The second-order valence-corrected chi connectivity index (χ2v) is 8.10. The average molecular weight is 428 g/mol. The third-order valence-electron chi connectivity index (χ3n) is 5.20. The van der Waals surface area contributed by atoms with Crippen LogP contribution in [0.25, 0.3) is 17.2 Å². The van der Waals surface area contributed by atoms with Gasteiger partial charge >= 0.3 is 5.97 Å². The minimum atomic E-state index is -0.417. The van der Waals surface area contributed by atoms with Crippen LogP contribution in [0.4, 0.5) is 5.69 Å². The van der Waals surface area contributed by atoms with Gasteiger partial charge in [-0.05, 0) is 47.4 Å². The number of benzene rings is 3. The van der Waals surface area contributed by atoms with Crippen molar-refractivity contribution in [1.82, 2.24) is 0 Å². The van der Waals surface area contributed by atoms with Crippen molar-refractivity contribution in [3.05, 3.63) is 95.6 Å². The Bertz CT molecular complexity index is 1110. The van der Waals surface area contributed by atoms with Gasteiger partial charge < -0.3 is 9.64 Å². The summed E-state index contributed by atoms with van der Waals surface area (Å²) in [6, 6.07) is 24.3. The van der Waals surface area contributed by atoms with Gasteiger partial charge in [0.05, 0.1) is 13.7 Å². The first kappa shape index (κ1) is 23.0. The molecule has 32 heavy (non-hydrogen) atoms. The van der Waals surface area contributed by atoms with Crippen LogP contribution in [0, 0.1) is 12.8 Å². The van der Waals surface area contributed by atoms with E-state index in [4.69, 9.17) is 0 Å². The van der Waals surface area contributed by atoms with E-state index in [9.17, 15) is 9.59 Å². The van der Waals surface area contributed by atoms with Gasteiger partial charge in [-0.2, -0.15) is 0 Å². The smallest absolute Gasteiger partial charge is 0.330 e. The molecule has 0 saturated carbocycles. The van der Waals surface area contributed by atoms with Crippen LogP contribution >= 0.6 is 0 Å². The van der Waals surface area contributed by atoms with Crippen LogP contribution in [0.3, 0.4) is 0 Å². The lowest BCUT2D eigenvalue weighted by Crippen LogP contribution is -2.33. The van der Waals surface area contributed by atoms with E-state index in [1.54, 1.807) is 11.0 Å². The molecule has 0 bridgehead atoms. The van der Waals surface area contributed by atoms with Crippen molar-refractivity contribution in [2.24, 2.45) is 5.92 Å². The number of carbonyl (C=O) groups excluding carboxylic acids is 2. The van der Waals surface area contributed by atoms with Crippen molar-refractivity contribution in [2.45, 2.75) is 27.3 Å². The Labute approximate surface area is 190 Å². The fourth-order valence-electron chi connectivity index (χ4n) is 3.45. The number of carbonyl (C=O) groups is 2. The number of hydrogen-bond donors (Lipinski definition) is 0. The number of anilines is 1. The van der Waals surface area contributed by atoms with E-state index in [1.807, 2.05) is 38.1 Å². The molecule has 4 nitrogen and oxygen atoms in total. The van der Waals surface area contributed by atoms with E-state index in [0.29, 0.717) is 6.54 Å². The molecule has 3 aromatic carbocycles. The molecule has 0 spiro atoms. The third kappa shape index (κ3) is 5.94. The summed E-state index contributed by atoms with van der Waals surface area (Å²) in [4.78, 5) is 26.2. The summed E-state index contributed by atoms with van der Waals surface area (Å²) in [5.41, 5.74) is 6.21. The fourth-order valence-corrected chi connectivity index (χ4v) is 3.45. The molecular formula is C28H29NO3. The molecule has 0 fully saturated rings. The molecule has 0 heterocycles. The topological polar surface area (TPSA) is 46.6 Å². The Hall–Kier alpha value is -3.66. The Morgan fingerprint density at radius 1 is 0.938 bits per heavy atom. The molecule has 3 aromatic rings. The van der Waals surface area contributed by atoms with Crippen molar-refractivity contribution in [1.29, 1.82) is 0 Å². The molecule has 0 atom stereocenters. The van der Waals surface area contributed by atoms with Crippen LogP contribution in [0.1, 0.15) is 30.5 Å². The van der Waals surface area contributed by atoms with E-state index >= 15 is 0 Å². The van der Waals surface area contributed by atoms with Crippen LogP contribution in [-0.4, -0.2) is 19.0 Å². The van der Waals surface area contributed by atoms with Crippen molar-refractivity contribution in [3.8, 4) is 11.1 Å². The molecule has 0 aliphatic heterocycles. The highest BCUT2D eigenvalue weighted by molar-refractivity contribution is 5.95. The Balaban J connectivity index is 1.86. The second-order valence-electron chi connectivity index (χ2n) is 8.10. The number of nitrogens with zero attached hydrogens (tertiary/aromatic N) is 1. The molecule has 0 aromatic heterocycles. The maximum Gasteiger partial charge on any atom is 0.330 e. The summed E-state index contributed by atoms with van der Waals surface area (Å²) in [5.74, 6) is -0.517. The number of esters is 1. The van der Waals surface area contributed by atoms with Crippen LogP contribution in [0.2, 0.25) is 0 Å². The van der Waals surface area contributed by atoms with Crippen molar-refractivity contribution in [2.75, 3.05) is 12.0 Å². The Morgan fingerprint density at radius 2 is 1.66 bits per heavy atom. The number of methoxy groups -OCH3 is 1. The van der Waals surface area contributed by atoms with Crippen LogP contribution in [0.5, 0.6) is 0 Å². The maximum atomic E-state index is 13.0. The quantitative estimate of drug-likeness (QED) is 0.341. The largest absolute Gasteiger partial charge is 0.466 e. The SMILES string of the molecule is COC(=O)/C=C/c1cccc(N(Cc2ccc(-c3cccc(C)c3)cc2)C(=O)C(C)C)c1. The average Bonchev–Trinajstić information content (AvgIpc) is 2.81. The standard InChI is InChI=1S/C28H29NO3/c1-20(2)28(31)29(26-10-6-8-22(18-26)13-16-27(30)32-4)19-23-11-14-24(15-12-23)25-9-5-7-21(3)17-25/h5-18,20H,19H2,1-4H3/b16-13+. The van der Waals surface area contributed by atoms with Gasteiger partial charge in [-0.3, -0.25) is 4.79 Å². The van der Waals surface area contributed by atoms with Crippen molar-refractivity contribution in [3.63, 3.8) is 0 Å². The lowest BCUT2D eigenvalue weighted by molar-refractivity contribution is -0.134. The molecule has 1 amide bonds. The number of aryl methyl sites for hydroxylation is 1. The normalized spacial score (nSPS) is 11.0. The lowest BCUT2D eigenvalue weighted by atomic mass is 10.0. The Kier molecular flexibility index (Phi) is 7.61. The van der Waals surface area contributed by atoms with E-state index in [0.717, 1.165) is 22.4 Å². The van der Waals surface area contributed by atoms with Gasteiger partial charge in [0, 0.05) is 17.7 Å². The third-order valence-corrected chi connectivity index (χ3v) is 5.20. The molecule has 0 saturated heterocycles. The molecule has 0 radical (unpaired) electrons. The second kappa shape index (κ2) is 10.6. The molecule has 164 valence electrons. The first-order chi connectivity index (χ1) is 15.4. The molecule has 3 rings (SSSR count). The minimum Gasteiger partial charge on any atom is -0.466 e. The molecule has 0 unspecified atom stereocenters. The summed E-state index contributed by atoms with van der Waals surface area (Å²) in [7, 11) is 1.34. The zero-order valence-corrected chi connectivity index (χ0v) is 19.0. The van der Waals surface area contributed by atoms with Gasteiger partial charge in [0.25, 0.3) is 0 Å². The summed E-state index contributed by atoms with van der Waals surface area (Å²) in [5, 5.41) is 0. The molecule has 0 aliphatic carbocycles. The van der Waals surface area contributed by atoms with Gasteiger partial charge in [-0.25, -0.2) is 4.79 Å². The highest BCUT2D eigenvalue weighted by atomic mass is 16.5. The van der Waals surface area contributed by atoms with E-state index < -0.39 is 5.97 Å². The van der Waals surface area contributed by atoms with E-state index in [1.165, 1.54) is 24.3 Å². The van der Waals surface area contributed by atoms with Crippen molar-refractivity contribution >= 4 is 23.6 Å². The molecular weight excluding hydrogens is 398 g/mol. The molecule has 4 heteroatoms. The predicted molar refractivity (Wildman–Crippen MR) is 130 cm³/mol. The van der Waals surface area contributed by atoms with Gasteiger partial charge in [0.1, 0.15) is 0 Å². The van der Waals surface area contributed by atoms with E-state index in [2.05, 4.69) is 60.2 Å². The molecule has 0 aliphatic rings. The van der Waals surface area contributed by atoms with Gasteiger partial charge in [-0.15, -0.1) is 0 Å². The first-order valence-electron chi connectivity index (χ1n) is 10.7. The maximum absolute atomic E-state index is 13.0. The highest BCUT2D eigenvalue weighted by Crippen LogP contribution is 2.25. The molecule has 0 N–H and O–H groups in total. The first-order valence-corrected chi connectivity index (χ1v) is 10.7. The fraction of sp³-hybridized carbons (Fsp3) is 0.214. The number of rotatable bonds is 7. The predicted octanol–water partition coefficient (Wildman–Crippen LogP) is 6.04. The lowest BCUT2D eigenvalue weighted by Gasteiger charge is -2.25. The van der Waals surface area contributed by atoms with Gasteiger partial charge in [0.15, 0.2) is 0 Å². The monoisotopic (exact) mass is 427 g/mol. The zero-order chi connectivity index (χ0) is 23.1.